The zero-order chi connectivity index (χ0) is 22.9. The summed E-state index contributed by atoms with van der Waals surface area (Å²) in [6.07, 6.45) is 1.07. The van der Waals surface area contributed by atoms with Crippen molar-refractivity contribution in [3.05, 3.63) is 46.7 Å². The normalized spacial score (nSPS) is 27.0. The summed E-state index contributed by atoms with van der Waals surface area (Å²) in [4.78, 5) is 42.8. The van der Waals surface area contributed by atoms with Crippen LogP contribution in [-0.4, -0.2) is 36.5 Å². The van der Waals surface area contributed by atoms with Gasteiger partial charge in [-0.05, 0) is 56.0 Å². The predicted molar refractivity (Wildman–Crippen MR) is 122 cm³/mol. The van der Waals surface area contributed by atoms with Crippen LogP contribution in [-0.2, 0) is 19.1 Å². The average molecular weight is 457 g/mol. The minimum absolute atomic E-state index is 0.206. The number of ether oxygens (including phenoxy) is 2. The number of nitrogens with one attached hydrogen (secondary N) is 1. The lowest BCUT2D eigenvalue weighted by molar-refractivity contribution is -0.155. The maximum absolute atomic E-state index is 13.8. The van der Waals surface area contributed by atoms with E-state index >= 15 is 0 Å². The molecular formula is C24H28N2O5S. The SMILES string of the molecule is CCC[C@]1(C(=O)OCC)N[C@H](c2cccs2)[C@@H]2C(=O)N(c3ccc(OCC)cc3)C(=O)[C@@H]21. The van der Waals surface area contributed by atoms with Gasteiger partial charge in [-0.1, -0.05) is 19.4 Å². The standard InChI is InChI=1S/C24H28N2O5S/c1-4-13-24(23(29)31-6-3)19-18(20(25-24)17-8-7-14-32-17)21(27)26(22(19)28)15-9-11-16(12-10-15)30-5-2/h7-12,14,18-20,25H,4-6,13H2,1-3H3/t18-,19-,20-,24+/m1/s1. The summed E-state index contributed by atoms with van der Waals surface area (Å²) in [6.45, 7) is 6.33. The van der Waals surface area contributed by atoms with Gasteiger partial charge in [0.25, 0.3) is 0 Å². The molecule has 1 N–H and O–H groups in total. The number of amides is 2. The smallest absolute Gasteiger partial charge is 0.327 e. The van der Waals surface area contributed by atoms with Gasteiger partial charge in [-0.25, -0.2) is 4.90 Å². The Labute approximate surface area is 191 Å². The summed E-state index contributed by atoms with van der Waals surface area (Å²) in [5.41, 5.74) is -0.756. The van der Waals surface area contributed by atoms with Crippen molar-refractivity contribution in [3.63, 3.8) is 0 Å². The number of hydrogen-bond acceptors (Lipinski definition) is 7. The van der Waals surface area contributed by atoms with Crippen LogP contribution in [0.2, 0.25) is 0 Å². The largest absolute Gasteiger partial charge is 0.494 e. The Bertz CT molecular complexity index is 990. The first-order chi connectivity index (χ1) is 15.5. The van der Waals surface area contributed by atoms with Gasteiger partial charge in [0, 0.05) is 4.88 Å². The topological polar surface area (TPSA) is 84.9 Å². The van der Waals surface area contributed by atoms with E-state index in [-0.39, 0.29) is 18.4 Å². The maximum atomic E-state index is 13.8. The molecule has 2 fully saturated rings. The van der Waals surface area contributed by atoms with Gasteiger partial charge in [0.1, 0.15) is 11.3 Å². The summed E-state index contributed by atoms with van der Waals surface area (Å²) >= 11 is 1.51. The molecule has 0 spiro atoms. The van der Waals surface area contributed by atoms with Crippen LogP contribution >= 0.6 is 11.3 Å². The van der Waals surface area contributed by atoms with E-state index in [1.165, 1.54) is 16.2 Å². The lowest BCUT2D eigenvalue weighted by Gasteiger charge is -2.32. The Morgan fingerprint density at radius 3 is 2.44 bits per heavy atom. The fourth-order valence-electron chi connectivity index (χ4n) is 5.00. The summed E-state index contributed by atoms with van der Waals surface area (Å²) in [6, 6.07) is 10.3. The molecule has 4 atom stereocenters. The summed E-state index contributed by atoms with van der Waals surface area (Å²) < 4.78 is 10.9. The monoisotopic (exact) mass is 456 g/mol. The van der Waals surface area contributed by atoms with Gasteiger partial charge in [-0.2, -0.15) is 0 Å². The highest BCUT2D eigenvalue weighted by Gasteiger charge is 2.68. The van der Waals surface area contributed by atoms with Crippen LogP contribution in [0.1, 0.15) is 44.5 Å². The third kappa shape index (κ3) is 3.51. The minimum Gasteiger partial charge on any atom is -0.494 e. The quantitative estimate of drug-likeness (QED) is 0.482. The second-order valence-electron chi connectivity index (χ2n) is 8.02. The molecule has 2 saturated heterocycles. The van der Waals surface area contributed by atoms with Crippen LogP contribution in [0.5, 0.6) is 5.75 Å². The van der Waals surface area contributed by atoms with E-state index in [1.807, 2.05) is 31.4 Å². The second kappa shape index (κ2) is 9.03. The van der Waals surface area contributed by atoms with Gasteiger partial charge in [0.15, 0.2) is 0 Å². The van der Waals surface area contributed by atoms with Crippen LogP contribution in [0.25, 0.3) is 0 Å². The Morgan fingerprint density at radius 1 is 1.09 bits per heavy atom. The van der Waals surface area contributed by atoms with E-state index in [0.29, 0.717) is 30.9 Å². The highest BCUT2D eigenvalue weighted by atomic mass is 32.1. The molecule has 170 valence electrons. The molecule has 1 aromatic heterocycles. The Kier molecular flexibility index (Phi) is 6.35. The van der Waals surface area contributed by atoms with Crippen LogP contribution in [0, 0.1) is 11.8 Å². The number of carbonyl (C=O) groups is 3. The first kappa shape index (κ1) is 22.5. The Morgan fingerprint density at radius 2 is 1.84 bits per heavy atom. The molecular weight excluding hydrogens is 428 g/mol. The van der Waals surface area contributed by atoms with Crippen molar-refractivity contribution >= 4 is 34.8 Å². The molecule has 2 aliphatic heterocycles. The zero-order valence-electron chi connectivity index (χ0n) is 18.5. The summed E-state index contributed by atoms with van der Waals surface area (Å²) in [5, 5.41) is 5.33. The first-order valence-electron chi connectivity index (χ1n) is 11.1. The molecule has 0 bridgehead atoms. The number of thiophene rings is 1. The molecule has 4 rings (SSSR count). The van der Waals surface area contributed by atoms with Crippen molar-refractivity contribution in [2.24, 2.45) is 11.8 Å². The number of anilines is 1. The molecule has 2 aliphatic rings. The average Bonchev–Trinajstić information content (AvgIpc) is 3.47. The fraction of sp³-hybridized carbons (Fsp3) is 0.458. The van der Waals surface area contributed by atoms with E-state index < -0.39 is 29.4 Å². The van der Waals surface area contributed by atoms with E-state index in [9.17, 15) is 14.4 Å². The number of carbonyl (C=O) groups excluding carboxylic acids is 3. The van der Waals surface area contributed by atoms with Gasteiger partial charge in [-0.15, -0.1) is 11.3 Å². The Balaban J connectivity index is 1.79. The van der Waals surface area contributed by atoms with E-state index in [4.69, 9.17) is 9.47 Å². The Hall–Kier alpha value is -2.71. The number of imide groups is 1. The molecule has 0 saturated carbocycles. The van der Waals surface area contributed by atoms with E-state index in [0.717, 1.165) is 4.88 Å². The van der Waals surface area contributed by atoms with Gasteiger partial charge >= 0.3 is 5.97 Å². The lowest BCUT2D eigenvalue weighted by Crippen LogP contribution is -2.56. The van der Waals surface area contributed by atoms with Crippen LogP contribution < -0.4 is 15.0 Å². The van der Waals surface area contributed by atoms with Crippen LogP contribution in [0.4, 0.5) is 5.69 Å². The van der Waals surface area contributed by atoms with Crippen molar-refractivity contribution in [1.29, 1.82) is 0 Å². The number of rotatable bonds is 8. The molecule has 8 heteroatoms. The van der Waals surface area contributed by atoms with E-state index in [2.05, 4.69) is 5.32 Å². The van der Waals surface area contributed by atoms with Crippen molar-refractivity contribution in [2.45, 2.75) is 45.2 Å². The van der Waals surface area contributed by atoms with Gasteiger partial charge in [0.05, 0.1) is 36.8 Å². The van der Waals surface area contributed by atoms with Crippen molar-refractivity contribution in [3.8, 4) is 5.75 Å². The van der Waals surface area contributed by atoms with Crippen LogP contribution in [0.3, 0.4) is 0 Å². The molecule has 32 heavy (non-hydrogen) atoms. The molecule has 0 radical (unpaired) electrons. The molecule has 0 aliphatic carbocycles. The molecule has 2 amide bonds. The number of hydrogen-bond donors (Lipinski definition) is 1. The van der Waals surface area contributed by atoms with Gasteiger partial charge < -0.3 is 9.47 Å². The molecule has 1 aromatic carbocycles. The minimum atomic E-state index is -1.24. The van der Waals surface area contributed by atoms with Crippen molar-refractivity contribution in [1.82, 2.24) is 5.32 Å². The third-order valence-electron chi connectivity index (χ3n) is 6.19. The maximum Gasteiger partial charge on any atom is 0.327 e. The second-order valence-corrected chi connectivity index (χ2v) is 9.00. The predicted octanol–water partition coefficient (Wildman–Crippen LogP) is 3.70. The lowest BCUT2D eigenvalue weighted by atomic mass is 9.77. The van der Waals surface area contributed by atoms with Gasteiger partial charge in [0.2, 0.25) is 11.8 Å². The highest BCUT2D eigenvalue weighted by molar-refractivity contribution is 7.10. The van der Waals surface area contributed by atoms with Gasteiger partial charge in [-0.3, -0.25) is 19.7 Å². The molecule has 2 aromatic rings. The number of fused-ring (bicyclic) bond motifs is 1. The first-order valence-corrected chi connectivity index (χ1v) is 11.9. The van der Waals surface area contributed by atoms with Crippen molar-refractivity contribution in [2.75, 3.05) is 18.1 Å². The van der Waals surface area contributed by atoms with Crippen LogP contribution in [0.15, 0.2) is 41.8 Å². The zero-order valence-corrected chi connectivity index (χ0v) is 19.3. The van der Waals surface area contributed by atoms with E-state index in [1.54, 1.807) is 31.2 Å². The number of esters is 1. The van der Waals surface area contributed by atoms with Crippen molar-refractivity contribution < 1.29 is 23.9 Å². The highest BCUT2D eigenvalue weighted by Crippen LogP contribution is 2.52. The third-order valence-corrected chi connectivity index (χ3v) is 7.15. The summed E-state index contributed by atoms with van der Waals surface area (Å²) in [7, 11) is 0. The molecule has 7 nitrogen and oxygen atoms in total. The fourth-order valence-corrected chi connectivity index (χ4v) is 5.82. The molecule has 0 unspecified atom stereocenters. The number of nitrogens with zero attached hydrogens (tertiary/aromatic N) is 1. The molecule has 3 heterocycles. The summed E-state index contributed by atoms with van der Waals surface area (Å²) in [5.74, 6) is -1.96. The number of benzene rings is 1.